The minimum atomic E-state index is -4.88. The molecule has 0 spiro atoms. The zero-order chi connectivity index (χ0) is 15.0. The molecule has 2 aromatic rings. The number of aromatic nitrogens is 2. The first kappa shape index (κ1) is 14.2. The van der Waals surface area contributed by atoms with E-state index in [0.717, 1.165) is 12.1 Å². The van der Waals surface area contributed by atoms with E-state index in [1.807, 2.05) is 4.98 Å². The molecule has 0 unspecified atom stereocenters. The summed E-state index contributed by atoms with van der Waals surface area (Å²) in [7, 11) is 0. The molecule has 0 amide bonds. The zero-order valence-electron chi connectivity index (χ0n) is 9.51. The first-order valence-corrected chi connectivity index (χ1v) is 5.13. The minimum Gasteiger partial charge on any atom is -0.406 e. The summed E-state index contributed by atoms with van der Waals surface area (Å²) >= 11 is 0. The van der Waals surface area contributed by atoms with Gasteiger partial charge < -0.3 is 9.72 Å². The van der Waals surface area contributed by atoms with Crippen LogP contribution in [-0.4, -0.2) is 16.3 Å². The molecule has 108 valence electrons. The van der Waals surface area contributed by atoms with E-state index in [-0.39, 0.29) is 11.4 Å². The predicted octanol–water partition coefficient (Wildman–Crippen LogP) is 3.99. The second kappa shape index (κ2) is 4.73. The number of ether oxygens (including phenoxy) is 1. The average Bonchev–Trinajstić information content (AvgIpc) is 2.75. The van der Waals surface area contributed by atoms with Crippen LogP contribution in [0.1, 0.15) is 5.69 Å². The van der Waals surface area contributed by atoms with Crippen LogP contribution < -0.4 is 4.74 Å². The maximum absolute atomic E-state index is 12.4. The molecular formula is C11H6F6N2O. The molecule has 9 heteroatoms. The highest BCUT2D eigenvalue weighted by Gasteiger charge is 2.33. The number of halogens is 6. The van der Waals surface area contributed by atoms with Crippen molar-refractivity contribution in [2.45, 2.75) is 12.5 Å². The van der Waals surface area contributed by atoms with Crippen LogP contribution in [0.25, 0.3) is 11.4 Å². The zero-order valence-corrected chi connectivity index (χ0v) is 9.51. The number of H-pyrrole nitrogens is 1. The van der Waals surface area contributed by atoms with Crippen LogP contribution in [0.5, 0.6) is 5.75 Å². The molecule has 0 fully saturated rings. The maximum atomic E-state index is 12.4. The van der Waals surface area contributed by atoms with E-state index >= 15 is 0 Å². The highest BCUT2D eigenvalue weighted by atomic mass is 19.4. The van der Waals surface area contributed by atoms with Gasteiger partial charge in [-0.25, -0.2) is 4.98 Å². The van der Waals surface area contributed by atoms with Crippen LogP contribution >= 0.6 is 0 Å². The van der Waals surface area contributed by atoms with Gasteiger partial charge in [0.2, 0.25) is 0 Å². The Morgan fingerprint density at radius 3 is 2.30 bits per heavy atom. The molecule has 0 saturated carbocycles. The Morgan fingerprint density at radius 1 is 1.05 bits per heavy atom. The van der Waals surface area contributed by atoms with Crippen molar-refractivity contribution in [1.29, 1.82) is 0 Å². The molecule has 0 atom stereocenters. The number of benzene rings is 1. The molecule has 0 aliphatic rings. The van der Waals surface area contributed by atoms with Crippen molar-refractivity contribution in [3.8, 4) is 17.1 Å². The summed E-state index contributed by atoms with van der Waals surface area (Å²) in [5.74, 6) is -0.745. The van der Waals surface area contributed by atoms with Gasteiger partial charge in [0.15, 0.2) is 0 Å². The van der Waals surface area contributed by atoms with E-state index < -0.39 is 24.0 Å². The molecule has 1 aromatic heterocycles. The lowest BCUT2D eigenvalue weighted by molar-refractivity contribution is -0.274. The molecule has 0 aliphatic carbocycles. The number of imidazole rings is 1. The summed E-state index contributed by atoms with van der Waals surface area (Å²) in [6.07, 6.45) is -8.92. The molecule has 0 aliphatic heterocycles. The average molecular weight is 296 g/mol. The lowest BCUT2D eigenvalue weighted by atomic mass is 10.2. The van der Waals surface area contributed by atoms with E-state index in [0.29, 0.717) is 6.20 Å². The van der Waals surface area contributed by atoms with Crippen LogP contribution in [-0.2, 0) is 6.18 Å². The van der Waals surface area contributed by atoms with Gasteiger partial charge >= 0.3 is 12.5 Å². The summed E-state index contributed by atoms with van der Waals surface area (Å²) in [5.41, 5.74) is -1.04. The first-order valence-electron chi connectivity index (χ1n) is 5.13. The normalized spacial score (nSPS) is 12.5. The Labute approximate surface area is 108 Å². The summed E-state index contributed by atoms with van der Waals surface area (Å²) in [6.45, 7) is 0. The standard InChI is InChI=1S/C11H6F6N2O/c12-10(13,14)8-5-18-9(19-8)6-2-1-3-7(4-6)20-11(15,16)17/h1-5H,(H,18,19). The molecule has 0 radical (unpaired) electrons. The molecule has 0 bridgehead atoms. The third kappa shape index (κ3) is 3.43. The third-order valence-electron chi connectivity index (χ3n) is 2.22. The Balaban J connectivity index is 2.29. The van der Waals surface area contributed by atoms with Crippen molar-refractivity contribution in [1.82, 2.24) is 9.97 Å². The van der Waals surface area contributed by atoms with Crippen molar-refractivity contribution in [2.75, 3.05) is 0 Å². The van der Waals surface area contributed by atoms with Crippen LogP contribution in [0, 0.1) is 0 Å². The number of nitrogens with one attached hydrogen (secondary N) is 1. The van der Waals surface area contributed by atoms with Crippen LogP contribution in [0.3, 0.4) is 0 Å². The van der Waals surface area contributed by atoms with Crippen molar-refractivity contribution in [2.24, 2.45) is 0 Å². The third-order valence-corrected chi connectivity index (χ3v) is 2.22. The summed E-state index contributed by atoms with van der Waals surface area (Å²) in [6, 6.07) is 4.49. The fourth-order valence-electron chi connectivity index (χ4n) is 1.45. The summed E-state index contributed by atoms with van der Waals surface area (Å²) < 4.78 is 76.9. The number of nitrogens with zero attached hydrogens (tertiary/aromatic N) is 1. The molecule has 2 rings (SSSR count). The minimum absolute atomic E-state index is 0.0438. The molecule has 0 saturated heterocycles. The molecule has 3 nitrogen and oxygen atoms in total. The summed E-state index contributed by atoms with van der Waals surface area (Å²) in [5, 5.41) is 0. The number of aromatic amines is 1. The van der Waals surface area contributed by atoms with Gasteiger partial charge in [-0.1, -0.05) is 12.1 Å². The lowest BCUT2D eigenvalue weighted by Crippen LogP contribution is -2.17. The van der Waals surface area contributed by atoms with Crippen LogP contribution in [0.4, 0.5) is 26.3 Å². The van der Waals surface area contributed by atoms with Gasteiger partial charge in [-0.15, -0.1) is 13.2 Å². The Kier molecular flexibility index (Phi) is 3.36. The molecular weight excluding hydrogens is 290 g/mol. The van der Waals surface area contributed by atoms with E-state index in [2.05, 4.69) is 9.72 Å². The van der Waals surface area contributed by atoms with Gasteiger partial charge in [-0.3, -0.25) is 0 Å². The van der Waals surface area contributed by atoms with E-state index in [9.17, 15) is 26.3 Å². The molecule has 20 heavy (non-hydrogen) atoms. The SMILES string of the molecule is FC(F)(F)Oc1cccc(-c2ncc(C(F)(F)F)[nH]2)c1. The Bertz CT molecular complexity index is 601. The van der Waals surface area contributed by atoms with Gasteiger partial charge in [-0.2, -0.15) is 13.2 Å². The lowest BCUT2D eigenvalue weighted by Gasteiger charge is -2.09. The maximum Gasteiger partial charge on any atom is 0.573 e. The number of hydrogen-bond acceptors (Lipinski definition) is 2. The predicted molar refractivity (Wildman–Crippen MR) is 55.7 cm³/mol. The number of alkyl halides is 6. The van der Waals surface area contributed by atoms with E-state index in [1.165, 1.54) is 12.1 Å². The van der Waals surface area contributed by atoms with Crippen molar-refractivity contribution >= 4 is 0 Å². The van der Waals surface area contributed by atoms with Crippen molar-refractivity contribution in [3.63, 3.8) is 0 Å². The van der Waals surface area contributed by atoms with E-state index in [4.69, 9.17) is 0 Å². The topological polar surface area (TPSA) is 37.9 Å². The monoisotopic (exact) mass is 296 g/mol. The number of rotatable bonds is 2. The second-order valence-corrected chi connectivity index (χ2v) is 3.72. The highest BCUT2D eigenvalue weighted by Crippen LogP contribution is 2.31. The van der Waals surface area contributed by atoms with E-state index in [1.54, 1.807) is 0 Å². The second-order valence-electron chi connectivity index (χ2n) is 3.72. The van der Waals surface area contributed by atoms with Gasteiger partial charge in [0.25, 0.3) is 0 Å². The van der Waals surface area contributed by atoms with Gasteiger partial charge in [0.1, 0.15) is 17.3 Å². The summed E-state index contributed by atoms with van der Waals surface area (Å²) in [4.78, 5) is 5.46. The van der Waals surface area contributed by atoms with Gasteiger partial charge in [-0.05, 0) is 12.1 Å². The van der Waals surface area contributed by atoms with Crippen LogP contribution in [0.2, 0.25) is 0 Å². The smallest absolute Gasteiger partial charge is 0.406 e. The molecule has 1 heterocycles. The quantitative estimate of drug-likeness (QED) is 0.851. The largest absolute Gasteiger partial charge is 0.573 e. The van der Waals surface area contributed by atoms with Crippen molar-refractivity contribution in [3.05, 3.63) is 36.2 Å². The fraction of sp³-hybridized carbons (Fsp3) is 0.182. The first-order chi connectivity index (χ1) is 9.15. The van der Waals surface area contributed by atoms with Gasteiger partial charge in [0.05, 0.1) is 6.20 Å². The fourth-order valence-corrected chi connectivity index (χ4v) is 1.45. The number of hydrogen-bond donors (Lipinski definition) is 1. The highest BCUT2D eigenvalue weighted by molar-refractivity contribution is 5.57. The van der Waals surface area contributed by atoms with Crippen molar-refractivity contribution < 1.29 is 31.1 Å². The van der Waals surface area contributed by atoms with Gasteiger partial charge in [0, 0.05) is 5.56 Å². The molecule has 1 aromatic carbocycles. The molecule has 1 N–H and O–H groups in total. The Morgan fingerprint density at radius 2 is 1.75 bits per heavy atom. The Hall–Kier alpha value is -2.19. The van der Waals surface area contributed by atoms with Crippen LogP contribution in [0.15, 0.2) is 30.5 Å².